The molecule has 77 heavy (non-hydrogen) atoms. The molecule has 5 unspecified atom stereocenters. The van der Waals surface area contributed by atoms with Crippen molar-refractivity contribution < 1.29 is 47.3 Å². The molecule has 4 N–H and O–H groups in total. The quantitative estimate of drug-likeness (QED) is 0.0907. The van der Waals surface area contributed by atoms with Gasteiger partial charge >= 0.3 is 12.2 Å². The van der Waals surface area contributed by atoms with Gasteiger partial charge in [-0.2, -0.15) is 0 Å². The number of fused-ring (bicyclic) bond motifs is 5. The summed E-state index contributed by atoms with van der Waals surface area (Å²) in [5.41, 5.74) is 3.72. The van der Waals surface area contributed by atoms with Crippen molar-refractivity contribution in [3.8, 4) is 39.5 Å². The first kappa shape index (κ1) is 52.3. The molecule has 18 nitrogen and oxygen atoms in total. The topological polar surface area (TPSA) is 207 Å². The number of ether oxygens (including phenoxy) is 5. The Bertz CT molecular complexity index is 3220. The summed E-state index contributed by atoms with van der Waals surface area (Å²) in [6.45, 7) is 12.1. The maximum Gasteiger partial charge on any atom is 0.407 e. The molecular formula is C57H68FN9O9S. The average Bonchev–Trinajstić information content (AvgIpc) is 4.35. The van der Waals surface area contributed by atoms with Crippen LogP contribution >= 0.6 is 11.3 Å². The second-order valence-corrected chi connectivity index (χ2v) is 23.5. The van der Waals surface area contributed by atoms with Gasteiger partial charge in [-0.25, -0.2) is 23.9 Å². The molecule has 20 heteroatoms. The second kappa shape index (κ2) is 20.9. The van der Waals surface area contributed by atoms with Crippen LogP contribution in [0.2, 0.25) is 0 Å². The van der Waals surface area contributed by atoms with Crippen LogP contribution in [0.5, 0.6) is 5.75 Å². The Morgan fingerprint density at radius 1 is 0.766 bits per heavy atom. The number of thiophene rings is 1. The van der Waals surface area contributed by atoms with Crippen molar-refractivity contribution >= 4 is 46.2 Å². The number of hydrogen-bond acceptors (Lipinski definition) is 12. The average molecular weight is 1070 g/mol. The van der Waals surface area contributed by atoms with Crippen LogP contribution in [-0.4, -0.2) is 122 Å². The van der Waals surface area contributed by atoms with Crippen LogP contribution in [0, 0.1) is 17.7 Å². The minimum Gasteiger partial charge on any atom is -0.464 e. The largest absolute Gasteiger partial charge is 0.464 e. The van der Waals surface area contributed by atoms with E-state index in [2.05, 4.69) is 50.3 Å². The van der Waals surface area contributed by atoms with Crippen LogP contribution in [0.3, 0.4) is 0 Å². The highest BCUT2D eigenvalue weighted by Crippen LogP contribution is 2.49. The first-order valence-corrected chi connectivity index (χ1v) is 27.8. The molecule has 0 bridgehead atoms. The van der Waals surface area contributed by atoms with Crippen LogP contribution in [-0.2, 0) is 35.0 Å². The van der Waals surface area contributed by atoms with Crippen molar-refractivity contribution in [3.63, 3.8) is 0 Å². The lowest BCUT2D eigenvalue weighted by Gasteiger charge is -2.40. The molecule has 2 aromatic carbocycles. The van der Waals surface area contributed by atoms with Crippen molar-refractivity contribution in [2.24, 2.45) is 11.8 Å². The normalized spacial score (nSPS) is 23.4. The number of rotatable bonds is 12. The number of H-pyrrole nitrogens is 2. The number of likely N-dealkylation sites (tertiary alicyclic amines) is 2. The van der Waals surface area contributed by atoms with Crippen molar-refractivity contribution in [2.75, 3.05) is 40.5 Å². The molecule has 4 aromatic heterocycles. The van der Waals surface area contributed by atoms with E-state index in [9.17, 15) is 19.2 Å². The number of aromatic nitrogens is 5. The first-order chi connectivity index (χ1) is 37.0. The third-order valence-electron chi connectivity index (χ3n) is 16.3. The number of carbonyl (C=O) groups is 4. The molecule has 0 radical (unpaired) electrons. The summed E-state index contributed by atoms with van der Waals surface area (Å²) in [5.74, 6) is 0.496. The van der Waals surface area contributed by atoms with E-state index in [-0.39, 0.29) is 35.7 Å². The van der Waals surface area contributed by atoms with E-state index >= 15 is 4.39 Å². The number of halogens is 1. The van der Waals surface area contributed by atoms with E-state index in [1.165, 1.54) is 25.2 Å². The van der Waals surface area contributed by atoms with E-state index in [0.29, 0.717) is 105 Å². The lowest BCUT2D eigenvalue weighted by atomic mass is 9.82. The van der Waals surface area contributed by atoms with Crippen LogP contribution in [0.4, 0.5) is 14.0 Å². The van der Waals surface area contributed by atoms with Crippen LogP contribution < -0.4 is 15.4 Å². The molecule has 0 spiro atoms. The molecule has 4 saturated heterocycles. The Hall–Kier alpha value is -6.77. The van der Waals surface area contributed by atoms with E-state index in [1.807, 2.05) is 56.9 Å². The van der Waals surface area contributed by atoms with Crippen molar-refractivity contribution in [3.05, 3.63) is 88.1 Å². The van der Waals surface area contributed by atoms with Gasteiger partial charge in [0.2, 0.25) is 18.0 Å². The molecule has 11 rings (SSSR count). The molecule has 7 atom stereocenters. The maximum absolute atomic E-state index is 17.1. The molecule has 408 valence electrons. The maximum atomic E-state index is 17.1. The zero-order chi connectivity index (χ0) is 53.9. The summed E-state index contributed by atoms with van der Waals surface area (Å²) < 4.78 is 47.9. The third-order valence-corrected chi connectivity index (χ3v) is 17.5. The van der Waals surface area contributed by atoms with Gasteiger partial charge in [0.15, 0.2) is 0 Å². The van der Waals surface area contributed by atoms with Gasteiger partial charge in [0.05, 0.1) is 82.9 Å². The number of benzene rings is 2. The highest BCUT2D eigenvalue weighted by molar-refractivity contribution is 7.12. The summed E-state index contributed by atoms with van der Waals surface area (Å²) in [6.07, 6.45) is 7.75. The monoisotopic (exact) mass is 1070 g/mol. The number of methoxy groups -OCH3 is 2. The predicted octanol–water partition coefficient (Wildman–Crippen LogP) is 9.98. The van der Waals surface area contributed by atoms with Gasteiger partial charge in [0.25, 0.3) is 0 Å². The van der Waals surface area contributed by atoms with E-state index in [1.54, 1.807) is 28.6 Å². The number of aromatic amines is 2. The Morgan fingerprint density at radius 2 is 1.34 bits per heavy atom. The van der Waals surface area contributed by atoms with Gasteiger partial charge < -0.3 is 54.1 Å². The molecule has 9 heterocycles. The van der Waals surface area contributed by atoms with Crippen molar-refractivity contribution in [1.29, 1.82) is 0 Å². The summed E-state index contributed by atoms with van der Waals surface area (Å²) in [6, 6.07) is 13.4. The fourth-order valence-corrected chi connectivity index (χ4v) is 13.5. The third kappa shape index (κ3) is 10.2. The van der Waals surface area contributed by atoms with Gasteiger partial charge in [-0.1, -0.05) is 13.0 Å². The van der Waals surface area contributed by atoms with Gasteiger partial charge in [-0.3, -0.25) is 14.2 Å². The molecule has 6 aromatic rings. The van der Waals surface area contributed by atoms with Gasteiger partial charge in [0.1, 0.15) is 35.3 Å². The Morgan fingerprint density at radius 3 is 1.87 bits per heavy atom. The van der Waals surface area contributed by atoms with E-state index < -0.39 is 47.5 Å². The zero-order valence-electron chi connectivity index (χ0n) is 44.7. The highest BCUT2D eigenvalue weighted by Gasteiger charge is 2.45. The van der Waals surface area contributed by atoms with Crippen LogP contribution in [0.25, 0.3) is 44.7 Å². The number of amides is 4. The van der Waals surface area contributed by atoms with Crippen molar-refractivity contribution in [2.45, 2.75) is 134 Å². The predicted molar refractivity (Wildman–Crippen MR) is 287 cm³/mol. The number of hydrogen-bond donors (Lipinski definition) is 4. The number of nitrogens with zero attached hydrogens (tertiary/aromatic N) is 5. The van der Waals surface area contributed by atoms with E-state index in [4.69, 9.17) is 33.7 Å². The number of carbonyl (C=O) groups excluding carboxylic acids is 4. The van der Waals surface area contributed by atoms with Gasteiger partial charge in [-0.05, 0) is 140 Å². The fourth-order valence-electron chi connectivity index (χ4n) is 12.6. The number of alkyl carbamates (subject to hydrolysis) is 2. The molecule has 5 aliphatic heterocycles. The first-order valence-electron chi connectivity index (χ1n) is 26.9. The van der Waals surface area contributed by atoms with E-state index in [0.717, 1.165) is 46.3 Å². The van der Waals surface area contributed by atoms with Gasteiger partial charge in [0, 0.05) is 47.7 Å². The molecule has 5 aliphatic rings. The lowest BCUT2D eigenvalue weighted by molar-refractivity contribution is -0.140. The lowest BCUT2D eigenvalue weighted by Crippen LogP contribution is -2.54. The Labute approximate surface area is 450 Å². The molecule has 0 saturated carbocycles. The Balaban J connectivity index is 0.878. The number of nitrogens with one attached hydrogen (secondary N) is 4. The van der Waals surface area contributed by atoms with Gasteiger partial charge in [-0.15, -0.1) is 11.3 Å². The minimum atomic E-state index is -0.807. The smallest absolute Gasteiger partial charge is 0.407 e. The molecule has 4 fully saturated rings. The van der Waals surface area contributed by atoms with Crippen LogP contribution in [0.1, 0.15) is 126 Å². The zero-order valence-corrected chi connectivity index (χ0v) is 45.5. The molecular weight excluding hydrogens is 1010 g/mol. The fraction of sp³-hybridized carbons (Fsp3) is 0.509. The standard InChI is InChI=1S/C57H68FN9O9S/c1-8-36-14-16-45(77-36)53-67-40-15-13-31(38-29-59-49(61-38)41-11-9-19-65(41)51(68)47(63-54(70)72-6)32-17-21-74-56(2,3)27-32)23-35(40)25-43(67)46-37(58)24-34(26-44(46)76-53)39-30-60-50(62-39)42-12-10-20-66(42)52(69)48(64-55(71)73-7)33-18-22-75-57(4,5)28-33/h13-16,23-26,29-30,32-33,41-42,47-48,53H,8-12,17-22,27-28H2,1-7H3,(H,59,61)(H,60,62)(H,63,70)(H,64,71)/t32?,33?,41-,42-,47?,48?,53?/m0/s1. The summed E-state index contributed by atoms with van der Waals surface area (Å²) in [4.78, 5) is 76.5. The second-order valence-electron chi connectivity index (χ2n) is 22.3. The summed E-state index contributed by atoms with van der Waals surface area (Å²) in [7, 11) is 2.59. The summed E-state index contributed by atoms with van der Waals surface area (Å²) in [5, 5.41) is 6.58. The van der Waals surface area contributed by atoms with Crippen LogP contribution in [0.15, 0.2) is 60.9 Å². The SMILES string of the molecule is CCc1ccc(C2Oc3cc(-c4cnc([C@@H]5CCCN5C(=O)C(NC(=O)OC)C5CCOC(C)(C)C5)[nH]4)cc(F)c3-c3cc4cc(-c5cnc([C@@H]6CCCN6C(=O)C(NC(=O)OC)C6CCOC(C)(C)C6)[nH]5)ccc4n32)s1. The van der Waals surface area contributed by atoms with Crippen molar-refractivity contribution in [1.82, 2.24) is 44.9 Å². The number of aryl methyl sites for hydroxylation is 1. The Kier molecular flexibility index (Phi) is 14.2. The number of imidazole rings is 2. The minimum absolute atomic E-state index is 0.132. The molecule has 0 aliphatic carbocycles. The summed E-state index contributed by atoms with van der Waals surface area (Å²) >= 11 is 1.66. The highest BCUT2D eigenvalue weighted by atomic mass is 32.1. The molecule has 4 amide bonds.